The van der Waals surface area contributed by atoms with Crippen molar-refractivity contribution in [2.24, 2.45) is 0 Å². The van der Waals surface area contributed by atoms with Gasteiger partial charge in [0, 0.05) is 0 Å². The zero-order chi connectivity index (χ0) is 19.6. The van der Waals surface area contributed by atoms with E-state index in [1.807, 2.05) is 6.92 Å². The minimum absolute atomic E-state index is 0.0106. The average Bonchev–Trinajstić information content (AvgIpc) is 3.26. The third-order valence-corrected chi connectivity index (χ3v) is 4.65. The predicted octanol–water partition coefficient (Wildman–Crippen LogP) is 2.43. The Morgan fingerprint density at radius 1 is 1.15 bits per heavy atom. The number of esters is 1. The Kier molecular flexibility index (Phi) is 4.89. The van der Waals surface area contributed by atoms with Crippen molar-refractivity contribution in [1.82, 2.24) is 10.2 Å². The number of benzene rings is 1. The molecule has 3 rings (SSSR count). The summed E-state index contributed by atoms with van der Waals surface area (Å²) in [5.74, 6) is -0.0303. The molecule has 0 radical (unpaired) electrons. The fourth-order valence-corrected chi connectivity index (χ4v) is 3.11. The van der Waals surface area contributed by atoms with Gasteiger partial charge in [0.1, 0.15) is 17.0 Å². The quantitative estimate of drug-likeness (QED) is 0.618. The number of urea groups is 1. The van der Waals surface area contributed by atoms with Gasteiger partial charge < -0.3 is 19.2 Å². The summed E-state index contributed by atoms with van der Waals surface area (Å²) in [5.41, 5.74) is -0.484. The summed E-state index contributed by atoms with van der Waals surface area (Å²) < 4.78 is 15.1. The molecule has 2 heterocycles. The number of carbonyl (C=O) groups excluding carboxylic acids is 3. The largest absolute Gasteiger partial charge is 0.497 e. The van der Waals surface area contributed by atoms with E-state index in [-0.39, 0.29) is 18.2 Å². The number of carbonyl (C=O) groups is 3. The van der Waals surface area contributed by atoms with Crippen LogP contribution in [0.1, 0.15) is 35.2 Å². The summed E-state index contributed by atoms with van der Waals surface area (Å²) in [6, 6.07) is 9.45. The Labute approximate surface area is 156 Å². The average molecular weight is 372 g/mol. The van der Waals surface area contributed by atoms with Crippen LogP contribution >= 0.6 is 0 Å². The maximum Gasteiger partial charge on any atom is 0.373 e. The molecule has 1 fully saturated rings. The molecule has 142 valence electrons. The minimum Gasteiger partial charge on any atom is -0.497 e. The van der Waals surface area contributed by atoms with Gasteiger partial charge in [0.15, 0.2) is 0 Å². The summed E-state index contributed by atoms with van der Waals surface area (Å²) in [6.07, 6.45) is 0.381. The van der Waals surface area contributed by atoms with Crippen LogP contribution in [-0.2, 0) is 21.6 Å². The van der Waals surface area contributed by atoms with E-state index < -0.39 is 17.5 Å². The van der Waals surface area contributed by atoms with Crippen LogP contribution in [0, 0.1) is 0 Å². The summed E-state index contributed by atoms with van der Waals surface area (Å²) in [5, 5.41) is 2.80. The van der Waals surface area contributed by atoms with Crippen LogP contribution in [0.2, 0.25) is 0 Å². The first-order valence-electron chi connectivity index (χ1n) is 8.41. The molecule has 1 N–H and O–H groups in total. The van der Waals surface area contributed by atoms with Gasteiger partial charge in [0.25, 0.3) is 5.91 Å². The normalized spacial score (nSPS) is 19.1. The molecular formula is C19H20N2O6. The topological polar surface area (TPSA) is 98.1 Å². The van der Waals surface area contributed by atoms with Gasteiger partial charge >= 0.3 is 12.0 Å². The molecule has 3 amide bonds. The number of hydrogen-bond acceptors (Lipinski definition) is 6. The first-order valence-corrected chi connectivity index (χ1v) is 8.41. The van der Waals surface area contributed by atoms with Crippen LogP contribution in [0.4, 0.5) is 4.79 Å². The third-order valence-electron chi connectivity index (χ3n) is 4.65. The second kappa shape index (κ2) is 7.14. The molecule has 1 atom stereocenters. The molecule has 27 heavy (non-hydrogen) atoms. The molecule has 8 heteroatoms. The molecule has 2 aromatic rings. The number of hydrogen-bond donors (Lipinski definition) is 1. The molecule has 1 aromatic carbocycles. The Bertz CT molecular complexity index is 873. The maximum atomic E-state index is 13.1. The summed E-state index contributed by atoms with van der Waals surface area (Å²) in [4.78, 5) is 38.2. The lowest BCUT2D eigenvalue weighted by molar-refractivity contribution is -0.132. The highest BCUT2D eigenvalue weighted by atomic mass is 16.5. The number of rotatable bonds is 6. The van der Waals surface area contributed by atoms with Gasteiger partial charge in [0.2, 0.25) is 5.76 Å². The third kappa shape index (κ3) is 3.14. The van der Waals surface area contributed by atoms with E-state index in [1.165, 1.54) is 19.2 Å². The lowest BCUT2D eigenvalue weighted by Crippen LogP contribution is -2.43. The van der Waals surface area contributed by atoms with E-state index in [0.29, 0.717) is 23.5 Å². The number of methoxy groups -OCH3 is 2. The van der Waals surface area contributed by atoms with E-state index in [9.17, 15) is 14.4 Å². The highest BCUT2D eigenvalue weighted by Gasteiger charge is 2.51. The van der Waals surface area contributed by atoms with Crippen molar-refractivity contribution in [3.8, 4) is 5.75 Å². The summed E-state index contributed by atoms with van der Waals surface area (Å²) >= 11 is 0. The zero-order valence-electron chi connectivity index (χ0n) is 15.3. The van der Waals surface area contributed by atoms with Gasteiger partial charge in [-0.15, -0.1) is 0 Å². The highest BCUT2D eigenvalue weighted by molar-refractivity contribution is 6.07. The lowest BCUT2D eigenvalue weighted by atomic mass is 9.87. The second-order valence-corrected chi connectivity index (χ2v) is 6.07. The molecule has 8 nitrogen and oxygen atoms in total. The summed E-state index contributed by atoms with van der Waals surface area (Å²) in [6.45, 7) is 1.74. The zero-order valence-corrected chi connectivity index (χ0v) is 15.3. The number of imide groups is 1. The van der Waals surface area contributed by atoms with Crippen LogP contribution in [-0.4, -0.2) is 37.0 Å². The number of nitrogens with zero attached hydrogens (tertiary/aromatic N) is 1. The van der Waals surface area contributed by atoms with Crippen molar-refractivity contribution in [3.05, 3.63) is 53.5 Å². The molecule has 0 saturated carbocycles. The first-order chi connectivity index (χ1) is 12.9. The van der Waals surface area contributed by atoms with Crippen LogP contribution in [0.15, 0.2) is 40.8 Å². The SMILES string of the molecule is CC[C@@]1(c2ccc(OC)cc2)NC(=O)N(Cc2ccc(C(=O)OC)o2)C1=O. The van der Waals surface area contributed by atoms with Gasteiger partial charge in [0.05, 0.1) is 20.8 Å². The van der Waals surface area contributed by atoms with Crippen molar-refractivity contribution in [2.45, 2.75) is 25.4 Å². The second-order valence-electron chi connectivity index (χ2n) is 6.07. The lowest BCUT2D eigenvalue weighted by Gasteiger charge is -2.25. The molecule has 0 unspecified atom stereocenters. The number of amides is 3. The van der Waals surface area contributed by atoms with Crippen molar-refractivity contribution in [3.63, 3.8) is 0 Å². The number of furan rings is 1. The highest BCUT2D eigenvalue weighted by Crippen LogP contribution is 2.34. The van der Waals surface area contributed by atoms with E-state index >= 15 is 0 Å². The van der Waals surface area contributed by atoms with Gasteiger partial charge in [-0.25, -0.2) is 9.59 Å². The van der Waals surface area contributed by atoms with Gasteiger partial charge in [-0.2, -0.15) is 0 Å². The first kappa shape index (κ1) is 18.5. The van der Waals surface area contributed by atoms with Gasteiger partial charge in [-0.1, -0.05) is 19.1 Å². The van der Waals surface area contributed by atoms with E-state index in [4.69, 9.17) is 9.15 Å². The Morgan fingerprint density at radius 2 is 1.85 bits per heavy atom. The van der Waals surface area contributed by atoms with E-state index in [1.54, 1.807) is 31.4 Å². The molecule has 1 aromatic heterocycles. The summed E-state index contributed by atoms with van der Waals surface area (Å²) in [7, 11) is 2.80. The van der Waals surface area contributed by atoms with Gasteiger partial charge in [-0.3, -0.25) is 9.69 Å². The monoisotopic (exact) mass is 372 g/mol. The number of ether oxygens (including phenoxy) is 2. The van der Waals surface area contributed by atoms with E-state index in [0.717, 1.165) is 4.90 Å². The fourth-order valence-electron chi connectivity index (χ4n) is 3.11. The smallest absolute Gasteiger partial charge is 0.373 e. The molecule has 1 aliphatic rings. The fraction of sp³-hybridized carbons (Fsp3) is 0.316. The Hall–Kier alpha value is -3.29. The number of nitrogens with one attached hydrogen (secondary N) is 1. The van der Waals surface area contributed by atoms with Crippen molar-refractivity contribution in [2.75, 3.05) is 14.2 Å². The minimum atomic E-state index is -1.15. The maximum absolute atomic E-state index is 13.1. The van der Waals surface area contributed by atoms with Crippen molar-refractivity contribution >= 4 is 17.9 Å². The van der Waals surface area contributed by atoms with Crippen LogP contribution < -0.4 is 10.1 Å². The van der Waals surface area contributed by atoms with Crippen LogP contribution in [0.3, 0.4) is 0 Å². The Morgan fingerprint density at radius 3 is 2.44 bits per heavy atom. The van der Waals surface area contributed by atoms with Gasteiger partial charge in [-0.05, 0) is 36.2 Å². The van der Waals surface area contributed by atoms with Crippen molar-refractivity contribution in [1.29, 1.82) is 0 Å². The molecule has 1 saturated heterocycles. The standard InChI is InChI=1S/C19H20N2O6/c1-4-19(12-5-7-13(25-2)8-6-12)17(23)21(18(24)20-19)11-14-9-10-15(27-14)16(22)26-3/h5-10H,4,11H2,1-3H3,(H,20,24)/t19-/m0/s1. The van der Waals surface area contributed by atoms with Crippen LogP contribution in [0.5, 0.6) is 5.75 Å². The molecule has 0 spiro atoms. The van der Waals surface area contributed by atoms with Crippen LogP contribution in [0.25, 0.3) is 0 Å². The molecule has 1 aliphatic heterocycles. The molecule has 0 aliphatic carbocycles. The Balaban J connectivity index is 1.86. The molecular weight excluding hydrogens is 352 g/mol. The van der Waals surface area contributed by atoms with E-state index in [2.05, 4.69) is 10.1 Å². The predicted molar refractivity (Wildman–Crippen MR) is 94.1 cm³/mol. The molecule has 0 bridgehead atoms. The van der Waals surface area contributed by atoms with Crippen molar-refractivity contribution < 1.29 is 28.3 Å².